The monoisotopic (exact) mass is 410 g/mol. The molecule has 4 rings (SSSR count). The lowest BCUT2D eigenvalue weighted by Gasteiger charge is -2.28. The summed E-state index contributed by atoms with van der Waals surface area (Å²) in [5, 5.41) is 19.2. The van der Waals surface area contributed by atoms with Gasteiger partial charge in [0.1, 0.15) is 5.03 Å². The molecule has 1 fully saturated rings. The summed E-state index contributed by atoms with van der Waals surface area (Å²) in [4.78, 5) is 12.9. The molecule has 2 heterocycles. The predicted molar refractivity (Wildman–Crippen MR) is 113 cm³/mol. The smallest absolute Gasteiger partial charge is 0.270 e. The van der Waals surface area contributed by atoms with Crippen molar-refractivity contribution in [1.82, 2.24) is 10.2 Å². The molecule has 2 aromatic carbocycles. The molecule has 29 heavy (non-hydrogen) atoms. The Morgan fingerprint density at radius 1 is 1.10 bits per heavy atom. The SMILES string of the molecule is O=[N+]([O-])c1cccc(-c2nnc(/C(Cl)=C/c3ccc(N4CCCCC4)cc3)o2)c1. The zero-order valence-corrected chi connectivity index (χ0v) is 16.4. The number of nitrogens with zero attached hydrogens (tertiary/aromatic N) is 4. The Morgan fingerprint density at radius 3 is 2.59 bits per heavy atom. The molecule has 0 amide bonds. The van der Waals surface area contributed by atoms with Crippen LogP contribution in [0.2, 0.25) is 0 Å². The molecule has 1 aliphatic rings. The third-order valence-corrected chi connectivity index (χ3v) is 5.11. The number of anilines is 1. The highest BCUT2D eigenvalue weighted by Gasteiger charge is 2.15. The highest BCUT2D eigenvalue weighted by atomic mass is 35.5. The number of piperidine rings is 1. The van der Waals surface area contributed by atoms with Crippen LogP contribution in [0.25, 0.3) is 22.6 Å². The lowest BCUT2D eigenvalue weighted by atomic mass is 10.1. The summed E-state index contributed by atoms with van der Waals surface area (Å²) in [7, 11) is 0. The minimum absolute atomic E-state index is 0.0438. The van der Waals surface area contributed by atoms with Gasteiger partial charge in [-0.2, -0.15) is 0 Å². The van der Waals surface area contributed by atoms with E-state index in [1.54, 1.807) is 18.2 Å². The summed E-state index contributed by atoms with van der Waals surface area (Å²) in [6.07, 6.45) is 5.52. The van der Waals surface area contributed by atoms with Crippen LogP contribution in [0.5, 0.6) is 0 Å². The highest BCUT2D eigenvalue weighted by Crippen LogP contribution is 2.28. The van der Waals surface area contributed by atoms with Crippen molar-refractivity contribution in [3.63, 3.8) is 0 Å². The van der Waals surface area contributed by atoms with E-state index >= 15 is 0 Å². The molecular weight excluding hydrogens is 392 g/mol. The van der Waals surface area contributed by atoms with E-state index in [0.717, 1.165) is 18.7 Å². The maximum absolute atomic E-state index is 10.9. The summed E-state index contributed by atoms with van der Waals surface area (Å²) in [5.74, 6) is 0.337. The first-order valence-electron chi connectivity index (χ1n) is 9.41. The van der Waals surface area contributed by atoms with E-state index in [1.165, 1.54) is 37.1 Å². The van der Waals surface area contributed by atoms with Crippen molar-refractivity contribution in [1.29, 1.82) is 0 Å². The molecule has 7 nitrogen and oxygen atoms in total. The van der Waals surface area contributed by atoms with Gasteiger partial charge in [-0.3, -0.25) is 10.1 Å². The topological polar surface area (TPSA) is 85.3 Å². The van der Waals surface area contributed by atoms with Gasteiger partial charge >= 0.3 is 0 Å². The van der Waals surface area contributed by atoms with E-state index in [-0.39, 0.29) is 17.5 Å². The van der Waals surface area contributed by atoms with E-state index in [4.69, 9.17) is 16.0 Å². The molecule has 0 N–H and O–H groups in total. The Kier molecular flexibility index (Phi) is 5.57. The molecule has 0 aliphatic carbocycles. The number of nitro groups is 1. The second kappa shape index (κ2) is 8.45. The first kappa shape index (κ1) is 19.1. The van der Waals surface area contributed by atoms with Crippen molar-refractivity contribution in [2.75, 3.05) is 18.0 Å². The first-order valence-corrected chi connectivity index (χ1v) is 9.79. The van der Waals surface area contributed by atoms with Crippen molar-refractivity contribution in [2.24, 2.45) is 0 Å². The fraction of sp³-hybridized carbons (Fsp3) is 0.238. The molecule has 1 aliphatic heterocycles. The van der Waals surface area contributed by atoms with Gasteiger partial charge in [-0.1, -0.05) is 29.8 Å². The zero-order chi connectivity index (χ0) is 20.2. The van der Waals surface area contributed by atoms with Crippen LogP contribution < -0.4 is 4.90 Å². The van der Waals surface area contributed by atoms with Gasteiger partial charge in [-0.05, 0) is 49.1 Å². The van der Waals surface area contributed by atoms with Crippen LogP contribution in [-0.4, -0.2) is 28.2 Å². The number of nitro benzene ring substituents is 1. The van der Waals surface area contributed by atoms with Gasteiger partial charge < -0.3 is 9.32 Å². The van der Waals surface area contributed by atoms with E-state index in [2.05, 4.69) is 27.2 Å². The number of benzene rings is 2. The van der Waals surface area contributed by atoms with Crippen molar-refractivity contribution < 1.29 is 9.34 Å². The van der Waals surface area contributed by atoms with Crippen LogP contribution in [0.1, 0.15) is 30.7 Å². The van der Waals surface area contributed by atoms with Gasteiger partial charge in [0.05, 0.1) is 4.92 Å². The second-order valence-electron chi connectivity index (χ2n) is 6.85. The molecule has 1 saturated heterocycles. The molecule has 0 bridgehead atoms. The Labute approximate surface area is 172 Å². The lowest BCUT2D eigenvalue weighted by molar-refractivity contribution is -0.384. The summed E-state index contributed by atoms with van der Waals surface area (Å²) in [6, 6.07) is 14.2. The number of aromatic nitrogens is 2. The molecule has 8 heteroatoms. The minimum Gasteiger partial charge on any atom is -0.415 e. The number of rotatable bonds is 5. The second-order valence-corrected chi connectivity index (χ2v) is 7.26. The number of hydrogen-bond acceptors (Lipinski definition) is 6. The third kappa shape index (κ3) is 4.46. The molecule has 0 atom stereocenters. The van der Waals surface area contributed by atoms with Crippen molar-refractivity contribution in [2.45, 2.75) is 19.3 Å². The lowest BCUT2D eigenvalue weighted by Crippen LogP contribution is -2.29. The minimum atomic E-state index is -0.471. The summed E-state index contributed by atoms with van der Waals surface area (Å²) in [5.41, 5.74) is 2.56. The molecule has 1 aromatic heterocycles. The first-order chi connectivity index (χ1) is 14.1. The third-order valence-electron chi connectivity index (χ3n) is 4.84. The standard InChI is InChI=1S/C21H19ClN4O3/c22-19(13-15-7-9-17(10-8-15)25-11-2-1-3-12-25)21-24-23-20(29-21)16-5-4-6-18(14-16)26(27)28/h4-10,13-14H,1-3,11-12H2/b19-13-. The molecule has 3 aromatic rings. The van der Waals surface area contributed by atoms with Crippen LogP contribution in [0.3, 0.4) is 0 Å². The van der Waals surface area contributed by atoms with Crippen molar-refractivity contribution >= 4 is 34.1 Å². The number of non-ortho nitro benzene ring substituents is 1. The molecule has 0 saturated carbocycles. The quantitative estimate of drug-likeness (QED) is 0.415. The Hall–Kier alpha value is -3.19. The number of halogens is 1. The molecule has 0 radical (unpaired) electrons. The van der Waals surface area contributed by atoms with Crippen LogP contribution in [0.4, 0.5) is 11.4 Å². The zero-order valence-electron chi connectivity index (χ0n) is 15.6. The van der Waals surface area contributed by atoms with Gasteiger partial charge in [0.25, 0.3) is 11.6 Å². The van der Waals surface area contributed by atoms with E-state index in [9.17, 15) is 10.1 Å². The Balaban J connectivity index is 1.51. The Morgan fingerprint density at radius 2 is 1.86 bits per heavy atom. The summed E-state index contributed by atoms with van der Waals surface area (Å²) < 4.78 is 5.60. The van der Waals surface area contributed by atoms with Gasteiger partial charge in [0, 0.05) is 36.5 Å². The van der Waals surface area contributed by atoms with Crippen LogP contribution in [0, 0.1) is 10.1 Å². The molecular formula is C21H19ClN4O3. The average Bonchev–Trinajstić information content (AvgIpc) is 3.26. The van der Waals surface area contributed by atoms with E-state index in [1.807, 2.05) is 12.1 Å². The fourth-order valence-electron chi connectivity index (χ4n) is 3.33. The van der Waals surface area contributed by atoms with Gasteiger partial charge in [0.15, 0.2) is 0 Å². The fourth-order valence-corrected chi connectivity index (χ4v) is 3.53. The summed E-state index contributed by atoms with van der Waals surface area (Å²) in [6.45, 7) is 2.19. The van der Waals surface area contributed by atoms with Crippen LogP contribution >= 0.6 is 11.6 Å². The Bertz CT molecular complexity index is 1040. The van der Waals surface area contributed by atoms with Gasteiger partial charge in [0.2, 0.25) is 5.89 Å². The summed E-state index contributed by atoms with van der Waals surface area (Å²) >= 11 is 6.36. The molecule has 148 valence electrons. The van der Waals surface area contributed by atoms with E-state index in [0.29, 0.717) is 10.6 Å². The average molecular weight is 411 g/mol. The van der Waals surface area contributed by atoms with Gasteiger partial charge in [-0.15, -0.1) is 10.2 Å². The van der Waals surface area contributed by atoms with Crippen LogP contribution in [-0.2, 0) is 0 Å². The maximum atomic E-state index is 10.9. The van der Waals surface area contributed by atoms with Crippen LogP contribution in [0.15, 0.2) is 52.9 Å². The van der Waals surface area contributed by atoms with Gasteiger partial charge in [-0.25, -0.2) is 0 Å². The van der Waals surface area contributed by atoms with Crippen molar-refractivity contribution in [3.8, 4) is 11.5 Å². The largest absolute Gasteiger partial charge is 0.415 e. The molecule has 0 spiro atoms. The maximum Gasteiger partial charge on any atom is 0.270 e. The molecule has 0 unspecified atom stereocenters. The van der Waals surface area contributed by atoms with Crippen molar-refractivity contribution in [3.05, 3.63) is 70.1 Å². The highest BCUT2D eigenvalue weighted by molar-refractivity contribution is 6.50. The predicted octanol–water partition coefficient (Wildman–Crippen LogP) is 5.37. The van der Waals surface area contributed by atoms with E-state index < -0.39 is 4.92 Å². The number of hydrogen-bond donors (Lipinski definition) is 0. The normalized spacial score (nSPS) is 14.8.